The Balaban J connectivity index is 1.42. The molecule has 7 nitrogen and oxygen atoms in total. The van der Waals surface area contributed by atoms with Crippen molar-refractivity contribution in [3.8, 4) is 0 Å². The van der Waals surface area contributed by atoms with Gasteiger partial charge in [0, 0.05) is 12.1 Å². The number of piperidine rings is 1. The van der Waals surface area contributed by atoms with Gasteiger partial charge in [-0.2, -0.15) is 11.8 Å². The molecule has 2 amide bonds. The number of hydrogen-bond donors (Lipinski definition) is 1. The Labute approximate surface area is 219 Å². The Morgan fingerprint density at radius 1 is 1.17 bits per heavy atom. The number of Topliss-reactive ketones (excluding diaryl/α,β-unsaturated/α-hetero) is 1. The average molecular weight is 516 g/mol. The van der Waals surface area contributed by atoms with Gasteiger partial charge in [0.05, 0.1) is 11.4 Å². The molecule has 4 rings (SSSR count). The number of nitrogens with zero attached hydrogens (tertiary/aromatic N) is 2. The summed E-state index contributed by atoms with van der Waals surface area (Å²) in [5.74, 6) is -0.000481. The zero-order chi connectivity index (χ0) is 25.8. The molecule has 0 radical (unpaired) electrons. The Kier molecular flexibility index (Phi) is 9.12. The lowest BCUT2D eigenvalue weighted by Gasteiger charge is -2.32. The summed E-state index contributed by atoms with van der Waals surface area (Å²) in [4.78, 5) is 43.6. The third kappa shape index (κ3) is 5.65. The Morgan fingerprint density at radius 3 is 2.47 bits per heavy atom. The zero-order valence-electron chi connectivity index (χ0n) is 22.1. The van der Waals surface area contributed by atoms with Crippen LogP contribution in [-0.2, 0) is 14.3 Å². The maximum absolute atomic E-state index is 13.7. The fourth-order valence-corrected chi connectivity index (χ4v) is 6.65. The first-order valence-electron chi connectivity index (χ1n) is 13.5. The Hall–Kier alpha value is -1.90. The van der Waals surface area contributed by atoms with Crippen LogP contribution >= 0.6 is 11.8 Å². The number of rotatable bonds is 9. The molecule has 5 atom stereocenters. The number of likely N-dealkylation sites (tertiary alicyclic amines) is 2. The number of carbonyl (C=O) groups excluding carboxylic acids is 3. The maximum Gasteiger partial charge on any atom is 0.251 e. The van der Waals surface area contributed by atoms with Crippen molar-refractivity contribution in [1.82, 2.24) is 15.1 Å². The van der Waals surface area contributed by atoms with Crippen molar-refractivity contribution >= 4 is 29.4 Å². The third-order valence-electron chi connectivity index (χ3n) is 8.26. The van der Waals surface area contributed by atoms with E-state index in [4.69, 9.17) is 4.74 Å². The highest BCUT2D eigenvalue weighted by atomic mass is 32.2. The highest BCUT2D eigenvalue weighted by Crippen LogP contribution is 2.34. The second kappa shape index (κ2) is 12.1. The fraction of sp³-hybridized carbons (Fsp3) is 0.679. The van der Waals surface area contributed by atoms with Crippen LogP contribution in [0.15, 0.2) is 24.3 Å². The summed E-state index contributed by atoms with van der Waals surface area (Å²) in [7, 11) is 0. The van der Waals surface area contributed by atoms with E-state index < -0.39 is 12.1 Å². The Bertz CT molecular complexity index is 931. The summed E-state index contributed by atoms with van der Waals surface area (Å²) in [5.41, 5.74) is 1.84. The van der Waals surface area contributed by atoms with Gasteiger partial charge in [0.1, 0.15) is 18.7 Å². The van der Waals surface area contributed by atoms with Gasteiger partial charge >= 0.3 is 0 Å². The summed E-state index contributed by atoms with van der Waals surface area (Å²) in [5, 5.41) is 3.08. The largest absolute Gasteiger partial charge is 0.367 e. The number of benzene rings is 1. The Morgan fingerprint density at radius 2 is 1.86 bits per heavy atom. The van der Waals surface area contributed by atoms with E-state index in [1.807, 2.05) is 32.2 Å². The smallest absolute Gasteiger partial charge is 0.251 e. The van der Waals surface area contributed by atoms with Crippen LogP contribution in [0.4, 0.5) is 0 Å². The standard InChI is InChI=1S/C28H41N3O4S/c1-5-13-30-14-11-20(12-15-30)19-7-9-21(10-8-19)27(33)29-24(18(3)6-2)28(34)31-16-23(36-4)26-25(31)22(32)17-35-26/h7-10,18,20,23-26H,5-6,11-17H2,1-4H3,(H,29,33)/t18-,23-,24-,25+,26+/m0/s1. The molecule has 1 aromatic carbocycles. The number of fused-ring (bicyclic) bond motifs is 1. The van der Waals surface area contributed by atoms with Crippen LogP contribution in [0.5, 0.6) is 0 Å². The van der Waals surface area contributed by atoms with E-state index >= 15 is 0 Å². The average Bonchev–Trinajstić information content (AvgIpc) is 3.47. The molecule has 0 aromatic heterocycles. The molecule has 0 bridgehead atoms. The monoisotopic (exact) mass is 515 g/mol. The van der Waals surface area contributed by atoms with Gasteiger partial charge in [-0.3, -0.25) is 14.4 Å². The molecule has 0 saturated carbocycles. The van der Waals surface area contributed by atoms with Crippen molar-refractivity contribution in [2.24, 2.45) is 5.92 Å². The summed E-state index contributed by atoms with van der Waals surface area (Å²) in [6, 6.07) is 6.67. The second-order valence-corrected chi connectivity index (χ2v) is 11.6. The SMILES string of the molecule is CCCN1CCC(c2ccc(C(=O)N[C@H](C(=O)N3C[C@H](SC)[C@H]4OCC(=O)[C@H]43)[C@@H](C)CC)cc2)CC1. The van der Waals surface area contributed by atoms with Gasteiger partial charge in [-0.15, -0.1) is 0 Å². The highest BCUT2D eigenvalue weighted by molar-refractivity contribution is 7.99. The summed E-state index contributed by atoms with van der Waals surface area (Å²) in [6.07, 6.45) is 5.95. The van der Waals surface area contributed by atoms with E-state index in [0.717, 1.165) is 32.4 Å². The first kappa shape index (κ1) is 27.1. The molecule has 36 heavy (non-hydrogen) atoms. The van der Waals surface area contributed by atoms with E-state index in [1.54, 1.807) is 16.7 Å². The lowest BCUT2D eigenvalue weighted by Crippen LogP contribution is -2.54. The fourth-order valence-electron chi connectivity index (χ4n) is 5.85. The van der Waals surface area contributed by atoms with Crippen LogP contribution in [-0.4, -0.2) is 89.9 Å². The number of carbonyl (C=O) groups is 3. The first-order chi connectivity index (χ1) is 17.4. The molecule has 0 aliphatic carbocycles. The summed E-state index contributed by atoms with van der Waals surface area (Å²) >= 11 is 1.62. The van der Waals surface area contributed by atoms with Crippen molar-refractivity contribution in [3.63, 3.8) is 0 Å². The number of nitrogens with one attached hydrogen (secondary N) is 1. The minimum Gasteiger partial charge on any atom is -0.367 e. The van der Waals surface area contributed by atoms with Crippen LogP contribution in [0.25, 0.3) is 0 Å². The molecular formula is C28H41N3O4S. The lowest BCUT2D eigenvalue weighted by molar-refractivity contribution is -0.139. The first-order valence-corrected chi connectivity index (χ1v) is 14.8. The van der Waals surface area contributed by atoms with E-state index in [9.17, 15) is 14.4 Å². The van der Waals surface area contributed by atoms with Gasteiger partial charge in [-0.05, 0) is 74.7 Å². The topological polar surface area (TPSA) is 79.0 Å². The van der Waals surface area contributed by atoms with Crippen LogP contribution in [0, 0.1) is 5.92 Å². The maximum atomic E-state index is 13.7. The minimum absolute atomic E-state index is 0.0461. The zero-order valence-corrected chi connectivity index (χ0v) is 22.9. The van der Waals surface area contributed by atoms with Crippen molar-refractivity contribution in [2.75, 3.05) is 39.0 Å². The molecule has 3 saturated heterocycles. The molecule has 1 N–H and O–H groups in total. The number of ketones is 1. The molecule has 3 fully saturated rings. The van der Waals surface area contributed by atoms with Gasteiger partial charge in [0.2, 0.25) is 5.91 Å². The molecule has 0 spiro atoms. The molecule has 3 aliphatic heterocycles. The third-order valence-corrected chi connectivity index (χ3v) is 9.28. The number of hydrogen-bond acceptors (Lipinski definition) is 6. The molecule has 8 heteroatoms. The van der Waals surface area contributed by atoms with Gasteiger partial charge < -0.3 is 19.9 Å². The van der Waals surface area contributed by atoms with Crippen LogP contribution in [0.1, 0.15) is 68.3 Å². The van der Waals surface area contributed by atoms with Gasteiger partial charge in [0.25, 0.3) is 5.91 Å². The lowest BCUT2D eigenvalue weighted by atomic mass is 9.89. The van der Waals surface area contributed by atoms with Gasteiger partial charge in [-0.25, -0.2) is 0 Å². The van der Waals surface area contributed by atoms with E-state index in [2.05, 4.69) is 29.3 Å². The van der Waals surface area contributed by atoms with E-state index in [1.165, 1.54) is 18.5 Å². The van der Waals surface area contributed by atoms with Crippen molar-refractivity contribution in [2.45, 2.75) is 75.8 Å². The number of thioether (sulfide) groups is 1. The minimum atomic E-state index is -0.681. The normalized spacial score (nSPS) is 26.6. The van der Waals surface area contributed by atoms with Gasteiger partial charge in [-0.1, -0.05) is 39.3 Å². The molecule has 198 valence electrons. The van der Waals surface area contributed by atoms with Crippen LogP contribution in [0.3, 0.4) is 0 Å². The van der Waals surface area contributed by atoms with E-state index in [0.29, 0.717) is 18.0 Å². The molecule has 1 aromatic rings. The molecular weight excluding hydrogens is 474 g/mol. The van der Waals surface area contributed by atoms with Crippen molar-refractivity contribution in [1.29, 1.82) is 0 Å². The number of amides is 2. The van der Waals surface area contributed by atoms with Gasteiger partial charge in [0.15, 0.2) is 5.78 Å². The molecule has 3 heterocycles. The summed E-state index contributed by atoms with van der Waals surface area (Å²) in [6.45, 7) is 10.2. The van der Waals surface area contributed by atoms with Crippen molar-refractivity contribution in [3.05, 3.63) is 35.4 Å². The van der Waals surface area contributed by atoms with Crippen molar-refractivity contribution < 1.29 is 19.1 Å². The highest BCUT2D eigenvalue weighted by Gasteiger charge is 2.53. The number of ether oxygens (including phenoxy) is 1. The second-order valence-electron chi connectivity index (χ2n) is 10.5. The molecule has 3 aliphatic rings. The van der Waals surface area contributed by atoms with Crippen LogP contribution < -0.4 is 5.32 Å². The molecule has 0 unspecified atom stereocenters. The van der Waals surface area contributed by atoms with E-state index in [-0.39, 0.29) is 41.5 Å². The quantitative estimate of drug-likeness (QED) is 0.544. The predicted octanol–water partition coefficient (Wildman–Crippen LogP) is 3.33. The predicted molar refractivity (Wildman–Crippen MR) is 143 cm³/mol. The summed E-state index contributed by atoms with van der Waals surface area (Å²) < 4.78 is 5.71. The van der Waals surface area contributed by atoms with Crippen LogP contribution in [0.2, 0.25) is 0 Å².